The minimum atomic E-state index is -4.38. The minimum absolute atomic E-state index is 0. The van der Waals surface area contributed by atoms with Gasteiger partial charge in [-0.15, -0.1) is 12.4 Å². The van der Waals surface area contributed by atoms with Crippen molar-refractivity contribution in [3.05, 3.63) is 35.4 Å². The second-order valence-corrected chi connectivity index (χ2v) is 6.71. The standard InChI is InChI=1S/C17H21F3N2O.ClH/c1-11-10-21-8-5-14(11)22-15(23)16(6-7-16)12-3-2-4-13(9-12)17(18,19)20;/h2-4,9,11,14,21H,5-8,10H2,1H3,(H,22,23);1H. The van der Waals surface area contributed by atoms with Crippen LogP contribution in [0.4, 0.5) is 13.2 Å². The summed E-state index contributed by atoms with van der Waals surface area (Å²) in [4.78, 5) is 12.7. The van der Waals surface area contributed by atoms with Gasteiger partial charge in [0.05, 0.1) is 11.0 Å². The second kappa shape index (κ2) is 6.92. The van der Waals surface area contributed by atoms with Crippen LogP contribution in [0, 0.1) is 5.92 Å². The van der Waals surface area contributed by atoms with Crippen LogP contribution in [0.3, 0.4) is 0 Å². The molecule has 1 aromatic rings. The van der Waals surface area contributed by atoms with Crippen LogP contribution < -0.4 is 10.6 Å². The Kier molecular flexibility index (Phi) is 5.50. The Labute approximate surface area is 145 Å². The zero-order valence-corrected chi connectivity index (χ0v) is 14.3. The van der Waals surface area contributed by atoms with Crippen molar-refractivity contribution in [1.29, 1.82) is 0 Å². The minimum Gasteiger partial charge on any atom is -0.352 e. The maximum Gasteiger partial charge on any atom is 0.416 e. The zero-order chi connectivity index (χ0) is 16.7. The van der Waals surface area contributed by atoms with Gasteiger partial charge in [-0.05, 0) is 49.9 Å². The molecule has 0 radical (unpaired) electrons. The molecule has 2 unspecified atom stereocenters. The topological polar surface area (TPSA) is 41.1 Å². The summed E-state index contributed by atoms with van der Waals surface area (Å²) in [6.07, 6.45) is -2.31. The van der Waals surface area contributed by atoms with Crippen LogP contribution in [0.1, 0.15) is 37.3 Å². The molecule has 0 bridgehead atoms. The molecule has 0 aromatic heterocycles. The molecule has 1 amide bonds. The molecule has 1 heterocycles. The van der Waals surface area contributed by atoms with Crippen molar-refractivity contribution in [2.75, 3.05) is 13.1 Å². The molecule has 24 heavy (non-hydrogen) atoms. The van der Waals surface area contributed by atoms with Gasteiger partial charge in [0.25, 0.3) is 0 Å². The van der Waals surface area contributed by atoms with E-state index in [9.17, 15) is 18.0 Å². The number of rotatable bonds is 3. The smallest absolute Gasteiger partial charge is 0.352 e. The first-order chi connectivity index (χ1) is 10.8. The van der Waals surface area contributed by atoms with Crippen LogP contribution in [0.2, 0.25) is 0 Å². The summed E-state index contributed by atoms with van der Waals surface area (Å²) >= 11 is 0. The first kappa shape index (κ1) is 19.1. The normalized spacial score (nSPS) is 25.5. The molecule has 0 spiro atoms. The molecular weight excluding hydrogens is 341 g/mol. The van der Waals surface area contributed by atoms with Gasteiger partial charge in [-0.1, -0.05) is 25.1 Å². The molecular formula is C17H22ClF3N2O. The number of nitrogens with one attached hydrogen (secondary N) is 2. The van der Waals surface area contributed by atoms with Gasteiger partial charge in [0.2, 0.25) is 5.91 Å². The van der Waals surface area contributed by atoms with E-state index in [4.69, 9.17) is 0 Å². The van der Waals surface area contributed by atoms with Crippen molar-refractivity contribution in [1.82, 2.24) is 10.6 Å². The van der Waals surface area contributed by atoms with Gasteiger partial charge in [0.1, 0.15) is 0 Å². The zero-order valence-electron chi connectivity index (χ0n) is 13.5. The van der Waals surface area contributed by atoms with Crippen molar-refractivity contribution >= 4 is 18.3 Å². The summed E-state index contributed by atoms with van der Waals surface area (Å²) in [6, 6.07) is 5.28. The molecule has 1 aromatic carbocycles. The summed E-state index contributed by atoms with van der Waals surface area (Å²) in [5.74, 6) is 0.195. The maximum absolute atomic E-state index is 12.9. The van der Waals surface area contributed by atoms with E-state index in [0.29, 0.717) is 24.3 Å². The van der Waals surface area contributed by atoms with Gasteiger partial charge in [-0.25, -0.2) is 0 Å². The highest BCUT2D eigenvalue weighted by Gasteiger charge is 2.52. The van der Waals surface area contributed by atoms with Gasteiger partial charge >= 0.3 is 6.18 Å². The first-order valence-corrected chi connectivity index (χ1v) is 8.02. The van der Waals surface area contributed by atoms with Crippen molar-refractivity contribution in [3.8, 4) is 0 Å². The Bertz CT molecular complexity index is 602. The fourth-order valence-corrected chi connectivity index (χ4v) is 3.30. The van der Waals surface area contributed by atoms with Gasteiger partial charge in [0, 0.05) is 6.04 Å². The lowest BCUT2D eigenvalue weighted by molar-refractivity contribution is -0.137. The monoisotopic (exact) mass is 362 g/mol. The summed E-state index contributed by atoms with van der Waals surface area (Å²) in [5.41, 5.74) is -0.984. The average molecular weight is 363 g/mol. The molecule has 134 valence electrons. The predicted molar refractivity (Wildman–Crippen MR) is 88.2 cm³/mol. The molecule has 1 saturated carbocycles. The van der Waals surface area contributed by atoms with E-state index in [1.807, 2.05) is 0 Å². The fraction of sp³-hybridized carbons (Fsp3) is 0.588. The Morgan fingerprint density at radius 2 is 2.04 bits per heavy atom. The van der Waals surface area contributed by atoms with Crippen LogP contribution in [0.15, 0.2) is 24.3 Å². The number of benzene rings is 1. The summed E-state index contributed by atoms with van der Waals surface area (Å²) in [6.45, 7) is 3.77. The summed E-state index contributed by atoms with van der Waals surface area (Å²) < 4.78 is 38.7. The molecule has 1 aliphatic heterocycles. The lowest BCUT2D eigenvalue weighted by atomic mass is 9.90. The third-order valence-electron chi connectivity index (χ3n) is 5.03. The lowest BCUT2D eigenvalue weighted by Gasteiger charge is -2.31. The Balaban J connectivity index is 0.00000208. The van der Waals surface area contributed by atoms with Crippen LogP contribution >= 0.6 is 12.4 Å². The highest BCUT2D eigenvalue weighted by atomic mass is 35.5. The maximum atomic E-state index is 12.9. The number of piperidine rings is 1. The van der Waals surface area contributed by atoms with Crippen molar-refractivity contribution in [3.63, 3.8) is 0 Å². The molecule has 2 aliphatic rings. The fourth-order valence-electron chi connectivity index (χ4n) is 3.30. The van der Waals surface area contributed by atoms with Crippen molar-refractivity contribution < 1.29 is 18.0 Å². The van der Waals surface area contributed by atoms with Crippen LogP contribution in [-0.4, -0.2) is 25.0 Å². The van der Waals surface area contributed by atoms with E-state index in [2.05, 4.69) is 17.6 Å². The number of halogens is 4. The quantitative estimate of drug-likeness (QED) is 0.866. The summed E-state index contributed by atoms with van der Waals surface area (Å²) in [5, 5.41) is 6.34. The number of carbonyl (C=O) groups is 1. The largest absolute Gasteiger partial charge is 0.416 e. The van der Waals surface area contributed by atoms with Gasteiger partial charge in [-0.3, -0.25) is 4.79 Å². The van der Waals surface area contributed by atoms with Crippen molar-refractivity contribution in [2.45, 2.75) is 43.8 Å². The molecule has 2 fully saturated rings. The molecule has 1 aliphatic carbocycles. The van der Waals surface area contributed by atoms with E-state index in [1.54, 1.807) is 6.07 Å². The highest BCUT2D eigenvalue weighted by Crippen LogP contribution is 2.49. The molecule has 1 saturated heterocycles. The molecule has 2 N–H and O–H groups in total. The molecule has 3 nitrogen and oxygen atoms in total. The van der Waals surface area contributed by atoms with E-state index in [-0.39, 0.29) is 24.4 Å². The third kappa shape index (κ3) is 3.70. The van der Waals surface area contributed by atoms with E-state index in [1.165, 1.54) is 6.07 Å². The van der Waals surface area contributed by atoms with Crippen LogP contribution in [0.25, 0.3) is 0 Å². The number of alkyl halides is 3. The lowest BCUT2D eigenvalue weighted by Crippen LogP contribution is -2.50. The number of hydrogen-bond donors (Lipinski definition) is 2. The highest BCUT2D eigenvalue weighted by molar-refractivity contribution is 5.91. The average Bonchev–Trinajstić information content (AvgIpc) is 3.31. The van der Waals surface area contributed by atoms with Crippen LogP contribution in [-0.2, 0) is 16.4 Å². The Morgan fingerprint density at radius 3 is 2.62 bits per heavy atom. The van der Waals surface area contributed by atoms with E-state index < -0.39 is 17.2 Å². The molecule has 3 rings (SSSR count). The van der Waals surface area contributed by atoms with E-state index in [0.717, 1.165) is 31.6 Å². The Morgan fingerprint density at radius 1 is 1.33 bits per heavy atom. The number of carbonyl (C=O) groups excluding carboxylic acids is 1. The molecule has 2 atom stereocenters. The van der Waals surface area contributed by atoms with E-state index >= 15 is 0 Å². The first-order valence-electron chi connectivity index (χ1n) is 8.02. The molecule has 7 heteroatoms. The van der Waals surface area contributed by atoms with Gasteiger partial charge in [0.15, 0.2) is 0 Å². The van der Waals surface area contributed by atoms with Gasteiger partial charge in [-0.2, -0.15) is 13.2 Å². The van der Waals surface area contributed by atoms with Gasteiger partial charge < -0.3 is 10.6 Å². The predicted octanol–water partition coefficient (Wildman–Crippen LogP) is 3.27. The van der Waals surface area contributed by atoms with Crippen molar-refractivity contribution in [2.24, 2.45) is 5.92 Å². The summed E-state index contributed by atoms with van der Waals surface area (Å²) in [7, 11) is 0. The SMILES string of the molecule is CC1CNCCC1NC(=O)C1(c2cccc(C(F)(F)F)c2)CC1.Cl. The second-order valence-electron chi connectivity index (χ2n) is 6.71. The number of hydrogen-bond acceptors (Lipinski definition) is 2. The van der Waals surface area contributed by atoms with Crippen LogP contribution in [0.5, 0.6) is 0 Å². The third-order valence-corrected chi connectivity index (χ3v) is 5.03. The number of amides is 1. The Hall–Kier alpha value is -1.27.